The first kappa shape index (κ1) is 21.4. The van der Waals surface area contributed by atoms with Crippen molar-refractivity contribution in [1.29, 1.82) is 0 Å². The molecule has 31 heavy (non-hydrogen) atoms. The molecule has 1 heterocycles. The SMILES string of the molecule is C[C@@H]1CCC[C@H](C)N1C(=O)COc1ccc(C(=O)N[C@@H]2CCCc3ccccc32)cc1. The van der Waals surface area contributed by atoms with Crippen molar-refractivity contribution in [3.05, 3.63) is 65.2 Å². The van der Waals surface area contributed by atoms with E-state index in [-0.39, 0.29) is 36.5 Å². The number of fused-ring (bicyclic) bond motifs is 1. The Morgan fingerprint density at radius 2 is 1.68 bits per heavy atom. The molecule has 0 bridgehead atoms. The minimum atomic E-state index is -0.0831. The van der Waals surface area contributed by atoms with E-state index in [1.54, 1.807) is 24.3 Å². The average Bonchev–Trinajstić information content (AvgIpc) is 2.78. The Hall–Kier alpha value is -2.82. The van der Waals surface area contributed by atoms with E-state index in [0.29, 0.717) is 11.3 Å². The van der Waals surface area contributed by atoms with Crippen LogP contribution in [-0.2, 0) is 11.2 Å². The van der Waals surface area contributed by atoms with Gasteiger partial charge in [-0.3, -0.25) is 9.59 Å². The fraction of sp³-hybridized carbons (Fsp3) is 0.462. The Bertz CT molecular complexity index is 915. The zero-order valence-electron chi connectivity index (χ0n) is 18.5. The van der Waals surface area contributed by atoms with E-state index in [4.69, 9.17) is 4.74 Å². The van der Waals surface area contributed by atoms with Crippen LogP contribution in [0.4, 0.5) is 0 Å². The highest BCUT2D eigenvalue weighted by Gasteiger charge is 2.29. The van der Waals surface area contributed by atoms with E-state index in [1.165, 1.54) is 17.5 Å². The molecular formula is C26H32N2O3. The summed E-state index contributed by atoms with van der Waals surface area (Å²) >= 11 is 0. The molecule has 2 amide bonds. The Morgan fingerprint density at radius 1 is 0.968 bits per heavy atom. The summed E-state index contributed by atoms with van der Waals surface area (Å²) in [5.41, 5.74) is 3.14. The number of benzene rings is 2. The molecule has 0 unspecified atom stereocenters. The fourth-order valence-corrected chi connectivity index (χ4v) is 4.98. The Labute approximate surface area is 184 Å². The van der Waals surface area contributed by atoms with Crippen molar-refractivity contribution in [2.75, 3.05) is 6.61 Å². The minimum absolute atomic E-state index is 0.0254. The Morgan fingerprint density at radius 3 is 2.42 bits per heavy atom. The molecule has 1 N–H and O–H groups in total. The number of rotatable bonds is 5. The van der Waals surface area contributed by atoms with E-state index < -0.39 is 0 Å². The van der Waals surface area contributed by atoms with Crippen LogP contribution in [0.2, 0.25) is 0 Å². The maximum atomic E-state index is 12.8. The summed E-state index contributed by atoms with van der Waals surface area (Å²) < 4.78 is 5.73. The largest absolute Gasteiger partial charge is 0.484 e. The van der Waals surface area contributed by atoms with Crippen molar-refractivity contribution in [3.8, 4) is 5.75 Å². The number of amides is 2. The number of likely N-dealkylation sites (tertiary alicyclic amines) is 1. The maximum Gasteiger partial charge on any atom is 0.260 e. The first-order chi connectivity index (χ1) is 15.0. The molecule has 3 atom stereocenters. The summed E-state index contributed by atoms with van der Waals surface area (Å²) in [6.07, 6.45) is 6.37. The third kappa shape index (κ3) is 4.92. The van der Waals surface area contributed by atoms with Crippen molar-refractivity contribution >= 4 is 11.8 Å². The van der Waals surface area contributed by atoms with Gasteiger partial charge in [-0.2, -0.15) is 0 Å². The molecule has 2 aromatic rings. The number of hydrogen-bond acceptors (Lipinski definition) is 3. The Balaban J connectivity index is 1.33. The lowest BCUT2D eigenvalue weighted by Crippen LogP contribution is -2.49. The van der Waals surface area contributed by atoms with Gasteiger partial charge in [0.25, 0.3) is 11.8 Å². The van der Waals surface area contributed by atoms with Gasteiger partial charge < -0.3 is 15.0 Å². The van der Waals surface area contributed by atoms with E-state index in [9.17, 15) is 9.59 Å². The molecule has 2 aliphatic rings. The highest BCUT2D eigenvalue weighted by Crippen LogP contribution is 2.30. The molecule has 4 rings (SSSR count). The van der Waals surface area contributed by atoms with Gasteiger partial charge in [-0.25, -0.2) is 0 Å². The van der Waals surface area contributed by atoms with Crippen molar-refractivity contribution < 1.29 is 14.3 Å². The van der Waals surface area contributed by atoms with Gasteiger partial charge in [-0.15, -0.1) is 0 Å². The van der Waals surface area contributed by atoms with Crippen LogP contribution in [0.15, 0.2) is 48.5 Å². The van der Waals surface area contributed by atoms with Gasteiger partial charge in [0.1, 0.15) is 5.75 Å². The molecule has 1 saturated heterocycles. The molecule has 0 radical (unpaired) electrons. The predicted molar refractivity (Wildman–Crippen MR) is 121 cm³/mol. The summed E-state index contributed by atoms with van der Waals surface area (Å²) in [4.78, 5) is 27.3. The van der Waals surface area contributed by atoms with Gasteiger partial charge in [0.2, 0.25) is 0 Å². The second kappa shape index (κ2) is 9.54. The summed E-state index contributed by atoms with van der Waals surface area (Å²) in [6.45, 7) is 4.23. The molecular weight excluding hydrogens is 388 g/mol. The topological polar surface area (TPSA) is 58.6 Å². The smallest absolute Gasteiger partial charge is 0.260 e. The third-order valence-corrected chi connectivity index (χ3v) is 6.64. The summed E-state index contributed by atoms with van der Waals surface area (Å²) in [7, 11) is 0. The van der Waals surface area contributed by atoms with E-state index in [0.717, 1.165) is 32.1 Å². The number of piperidine rings is 1. The van der Waals surface area contributed by atoms with Crippen LogP contribution in [0.5, 0.6) is 5.75 Å². The summed E-state index contributed by atoms with van der Waals surface area (Å²) in [6, 6.07) is 16.0. The molecule has 1 aliphatic heterocycles. The van der Waals surface area contributed by atoms with Crippen LogP contribution in [0, 0.1) is 0 Å². The lowest BCUT2D eigenvalue weighted by atomic mass is 9.87. The minimum Gasteiger partial charge on any atom is -0.484 e. The van der Waals surface area contributed by atoms with Gasteiger partial charge in [-0.05, 0) is 87.8 Å². The standard InChI is InChI=1S/C26H32N2O3/c1-18-7-5-8-19(2)28(18)25(29)17-31-22-15-13-21(14-16-22)26(30)27-24-12-6-10-20-9-3-4-11-23(20)24/h3-4,9,11,13-16,18-19,24H,5-8,10,12,17H2,1-2H3,(H,27,30)/t18-,19+,24-/m1/s1. The lowest BCUT2D eigenvalue weighted by molar-refractivity contribution is -0.139. The van der Waals surface area contributed by atoms with Crippen LogP contribution in [0.1, 0.15) is 73.5 Å². The van der Waals surface area contributed by atoms with Crippen molar-refractivity contribution in [1.82, 2.24) is 10.2 Å². The molecule has 1 fully saturated rings. The van der Waals surface area contributed by atoms with Crippen LogP contribution >= 0.6 is 0 Å². The van der Waals surface area contributed by atoms with Crippen molar-refractivity contribution in [2.45, 2.75) is 70.5 Å². The number of carbonyl (C=O) groups is 2. The molecule has 2 aromatic carbocycles. The van der Waals surface area contributed by atoms with Crippen LogP contribution in [0.25, 0.3) is 0 Å². The molecule has 1 aliphatic carbocycles. The zero-order valence-corrected chi connectivity index (χ0v) is 18.5. The van der Waals surface area contributed by atoms with Crippen LogP contribution < -0.4 is 10.1 Å². The first-order valence-electron chi connectivity index (χ1n) is 11.5. The zero-order chi connectivity index (χ0) is 21.8. The van der Waals surface area contributed by atoms with Crippen molar-refractivity contribution in [3.63, 3.8) is 0 Å². The maximum absolute atomic E-state index is 12.8. The predicted octanol–water partition coefficient (Wildman–Crippen LogP) is 4.66. The van der Waals surface area contributed by atoms with E-state index in [2.05, 4.69) is 37.4 Å². The molecule has 0 saturated carbocycles. The van der Waals surface area contributed by atoms with Gasteiger partial charge in [0.05, 0.1) is 6.04 Å². The van der Waals surface area contributed by atoms with Crippen LogP contribution in [0.3, 0.4) is 0 Å². The number of ether oxygens (including phenoxy) is 1. The summed E-state index contributed by atoms with van der Waals surface area (Å²) in [5, 5.41) is 3.17. The van der Waals surface area contributed by atoms with Crippen molar-refractivity contribution in [2.24, 2.45) is 0 Å². The quantitative estimate of drug-likeness (QED) is 0.765. The number of nitrogens with zero attached hydrogens (tertiary/aromatic N) is 1. The normalized spacial score (nSPS) is 23.0. The molecule has 5 heteroatoms. The molecule has 0 aromatic heterocycles. The highest BCUT2D eigenvalue weighted by molar-refractivity contribution is 5.94. The molecule has 164 valence electrons. The number of nitrogens with one attached hydrogen (secondary N) is 1. The van der Waals surface area contributed by atoms with Crippen LogP contribution in [-0.4, -0.2) is 35.4 Å². The summed E-state index contributed by atoms with van der Waals surface area (Å²) in [5.74, 6) is 0.544. The fourth-order valence-electron chi connectivity index (χ4n) is 4.98. The monoisotopic (exact) mass is 420 g/mol. The highest BCUT2D eigenvalue weighted by atomic mass is 16.5. The first-order valence-corrected chi connectivity index (χ1v) is 11.5. The lowest BCUT2D eigenvalue weighted by Gasteiger charge is -2.38. The second-order valence-electron chi connectivity index (χ2n) is 8.86. The second-order valence-corrected chi connectivity index (χ2v) is 8.86. The van der Waals surface area contributed by atoms with Gasteiger partial charge in [-0.1, -0.05) is 24.3 Å². The Kier molecular flexibility index (Phi) is 6.59. The third-order valence-electron chi connectivity index (χ3n) is 6.64. The van der Waals surface area contributed by atoms with E-state index >= 15 is 0 Å². The number of carbonyl (C=O) groups excluding carboxylic acids is 2. The molecule has 5 nitrogen and oxygen atoms in total. The van der Waals surface area contributed by atoms with Gasteiger partial charge in [0.15, 0.2) is 6.61 Å². The molecule has 0 spiro atoms. The van der Waals surface area contributed by atoms with Gasteiger partial charge >= 0.3 is 0 Å². The van der Waals surface area contributed by atoms with Gasteiger partial charge in [0, 0.05) is 17.6 Å². The van der Waals surface area contributed by atoms with E-state index in [1.807, 2.05) is 11.0 Å². The number of hydrogen-bond donors (Lipinski definition) is 1. The number of aryl methyl sites for hydroxylation is 1. The average molecular weight is 421 g/mol.